The van der Waals surface area contributed by atoms with Crippen LogP contribution in [0.3, 0.4) is 0 Å². The Labute approximate surface area is 197 Å². The minimum Gasteiger partial charge on any atom is -0.495 e. The van der Waals surface area contributed by atoms with Crippen LogP contribution in [0.15, 0.2) is 61.7 Å². The highest BCUT2D eigenvalue weighted by atomic mass is 79.9. The van der Waals surface area contributed by atoms with Crippen molar-refractivity contribution < 1.29 is 13.2 Å². The summed E-state index contributed by atoms with van der Waals surface area (Å²) in [5, 5.41) is 2.55. The molecule has 0 aliphatic carbocycles. The summed E-state index contributed by atoms with van der Waals surface area (Å²) in [6, 6.07) is 13.2. The van der Waals surface area contributed by atoms with Gasteiger partial charge in [-0.15, -0.1) is 11.3 Å². The van der Waals surface area contributed by atoms with Crippen molar-refractivity contribution in [2.45, 2.75) is 23.0 Å². The van der Waals surface area contributed by atoms with Gasteiger partial charge in [-0.25, -0.2) is 13.4 Å². The fourth-order valence-corrected chi connectivity index (χ4v) is 7.31. The van der Waals surface area contributed by atoms with E-state index in [1.54, 1.807) is 29.5 Å². The van der Waals surface area contributed by atoms with E-state index in [0.717, 1.165) is 25.3 Å². The molecule has 0 atom stereocenters. The van der Waals surface area contributed by atoms with E-state index in [4.69, 9.17) is 9.72 Å². The highest BCUT2D eigenvalue weighted by molar-refractivity contribution is 9.10. The van der Waals surface area contributed by atoms with Crippen LogP contribution in [-0.2, 0) is 9.84 Å². The molecule has 2 aromatic carbocycles. The SMILES string of the molecule is COc1ccc(Br)cc1S(=O)(=O)C1CCN(c2nc(-c3cccc(Br)c3)cs2)CC1. The molecule has 0 radical (unpaired) electrons. The summed E-state index contributed by atoms with van der Waals surface area (Å²) in [6.07, 6.45) is 1.12. The fourth-order valence-electron chi connectivity index (χ4n) is 3.60. The lowest BCUT2D eigenvalue weighted by Crippen LogP contribution is -2.39. The summed E-state index contributed by atoms with van der Waals surface area (Å²) in [6.45, 7) is 1.32. The first-order valence-electron chi connectivity index (χ1n) is 9.42. The summed E-state index contributed by atoms with van der Waals surface area (Å²) in [5.41, 5.74) is 2.00. The van der Waals surface area contributed by atoms with Crippen LogP contribution in [0.5, 0.6) is 5.75 Å². The number of benzene rings is 2. The molecule has 0 unspecified atom stereocenters. The topological polar surface area (TPSA) is 59.5 Å². The normalized spacial score (nSPS) is 15.4. The van der Waals surface area contributed by atoms with Gasteiger partial charge in [0.05, 0.1) is 18.1 Å². The van der Waals surface area contributed by atoms with Crippen LogP contribution in [0.4, 0.5) is 5.13 Å². The van der Waals surface area contributed by atoms with E-state index in [0.29, 0.717) is 31.7 Å². The molecule has 0 bridgehead atoms. The molecule has 2 heterocycles. The third kappa shape index (κ3) is 4.44. The molecule has 158 valence electrons. The predicted molar refractivity (Wildman–Crippen MR) is 128 cm³/mol. The Morgan fingerprint density at radius 3 is 2.53 bits per heavy atom. The lowest BCUT2D eigenvalue weighted by Gasteiger charge is -2.31. The molecule has 1 fully saturated rings. The molecule has 9 heteroatoms. The first-order chi connectivity index (χ1) is 14.4. The van der Waals surface area contributed by atoms with Gasteiger partial charge in [0.15, 0.2) is 15.0 Å². The summed E-state index contributed by atoms with van der Waals surface area (Å²) in [5.74, 6) is 0.388. The molecule has 30 heavy (non-hydrogen) atoms. The molecule has 1 aliphatic rings. The second-order valence-electron chi connectivity index (χ2n) is 7.05. The van der Waals surface area contributed by atoms with Gasteiger partial charge in [-0.05, 0) is 43.2 Å². The Hall–Kier alpha value is -1.42. The zero-order chi connectivity index (χ0) is 21.3. The van der Waals surface area contributed by atoms with Crippen LogP contribution >= 0.6 is 43.2 Å². The molecule has 5 nitrogen and oxygen atoms in total. The van der Waals surface area contributed by atoms with Crippen LogP contribution in [0.25, 0.3) is 11.3 Å². The molecule has 0 N–H and O–H groups in total. The van der Waals surface area contributed by atoms with Crippen LogP contribution in [0.2, 0.25) is 0 Å². The van der Waals surface area contributed by atoms with E-state index in [1.807, 2.05) is 29.6 Å². The third-order valence-electron chi connectivity index (χ3n) is 5.20. The highest BCUT2D eigenvalue weighted by Gasteiger charge is 2.34. The van der Waals surface area contributed by atoms with Gasteiger partial charge in [-0.1, -0.05) is 44.0 Å². The summed E-state index contributed by atoms with van der Waals surface area (Å²) < 4.78 is 33.5. The van der Waals surface area contributed by atoms with E-state index in [9.17, 15) is 8.42 Å². The largest absolute Gasteiger partial charge is 0.495 e. The van der Waals surface area contributed by atoms with Gasteiger partial charge in [0.2, 0.25) is 0 Å². The maximum absolute atomic E-state index is 13.2. The first kappa shape index (κ1) is 21.8. The van der Waals surface area contributed by atoms with Gasteiger partial charge in [0.25, 0.3) is 0 Å². The zero-order valence-corrected chi connectivity index (χ0v) is 21.0. The quantitative estimate of drug-likeness (QED) is 0.388. The summed E-state index contributed by atoms with van der Waals surface area (Å²) in [4.78, 5) is 7.21. The van der Waals surface area contributed by atoms with Crippen LogP contribution in [-0.4, -0.2) is 38.9 Å². The lowest BCUT2D eigenvalue weighted by atomic mass is 10.1. The van der Waals surface area contributed by atoms with E-state index >= 15 is 0 Å². The number of methoxy groups -OCH3 is 1. The summed E-state index contributed by atoms with van der Waals surface area (Å²) in [7, 11) is -1.98. The van der Waals surface area contributed by atoms with Gasteiger partial charge in [0, 0.05) is 33.0 Å². The molecule has 1 aromatic heterocycles. The average Bonchev–Trinajstić information content (AvgIpc) is 3.24. The minimum absolute atomic E-state index is 0.254. The number of nitrogens with zero attached hydrogens (tertiary/aromatic N) is 2. The van der Waals surface area contributed by atoms with Crippen LogP contribution in [0, 0.1) is 0 Å². The Kier molecular flexibility index (Phi) is 6.53. The minimum atomic E-state index is -3.48. The number of ether oxygens (including phenoxy) is 1. The van der Waals surface area contributed by atoms with Gasteiger partial charge in [0.1, 0.15) is 10.6 Å². The Morgan fingerprint density at radius 1 is 1.10 bits per heavy atom. The fraction of sp³-hybridized carbons (Fsp3) is 0.286. The number of sulfone groups is 1. The zero-order valence-electron chi connectivity index (χ0n) is 16.2. The molecule has 4 rings (SSSR count). The van der Waals surface area contributed by atoms with Crippen LogP contribution in [0.1, 0.15) is 12.8 Å². The van der Waals surface area contributed by atoms with E-state index in [2.05, 4.69) is 36.8 Å². The monoisotopic (exact) mass is 570 g/mol. The molecule has 0 saturated carbocycles. The molecular weight excluding hydrogens is 552 g/mol. The molecule has 0 amide bonds. The number of halogens is 2. The van der Waals surface area contributed by atoms with Crippen molar-refractivity contribution >= 4 is 58.2 Å². The van der Waals surface area contributed by atoms with Crippen molar-refractivity contribution in [2.24, 2.45) is 0 Å². The molecule has 0 spiro atoms. The number of rotatable bonds is 5. The van der Waals surface area contributed by atoms with Gasteiger partial charge in [-0.3, -0.25) is 0 Å². The third-order valence-corrected chi connectivity index (χ3v) is 9.37. The number of hydrogen-bond donors (Lipinski definition) is 0. The number of piperidine rings is 1. The van der Waals surface area contributed by atoms with E-state index in [1.165, 1.54) is 7.11 Å². The number of thiazole rings is 1. The second kappa shape index (κ2) is 8.98. The maximum Gasteiger partial charge on any atom is 0.185 e. The molecule has 1 aliphatic heterocycles. The van der Waals surface area contributed by atoms with Crippen molar-refractivity contribution in [2.75, 3.05) is 25.1 Å². The van der Waals surface area contributed by atoms with Crippen molar-refractivity contribution in [3.05, 3.63) is 56.8 Å². The number of aromatic nitrogens is 1. The van der Waals surface area contributed by atoms with Crippen molar-refractivity contribution in [3.63, 3.8) is 0 Å². The smallest absolute Gasteiger partial charge is 0.185 e. The lowest BCUT2D eigenvalue weighted by molar-refractivity contribution is 0.401. The maximum atomic E-state index is 13.2. The van der Waals surface area contributed by atoms with Gasteiger partial charge in [-0.2, -0.15) is 0 Å². The Bertz CT molecular complexity index is 1160. The van der Waals surface area contributed by atoms with Crippen molar-refractivity contribution in [1.82, 2.24) is 4.98 Å². The Morgan fingerprint density at radius 2 is 1.83 bits per heavy atom. The second-order valence-corrected chi connectivity index (χ2v) is 11.9. The molecular formula is C21H20Br2N2O3S2. The molecule has 1 saturated heterocycles. The average molecular weight is 572 g/mol. The first-order valence-corrected chi connectivity index (χ1v) is 13.4. The standard InChI is InChI=1S/C21H20Br2N2O3S2/c1-28-19-6-5-16(23)12-20(19)30(26,27)17-7-9-25(10-8-17)21-24-18(13-29-21)14-3-2-4-15(22)11-14/h2-6,11-13,17H,7-10H2,1H3. The number of hydrogen-bond acceptors (Lipinski definition) is 6. The van der Waals surface area contributed by atoms with Crippen molar-refractivity contribution in [3.8, 4) is 17.0 Å². The summed E-state index contributed by atoms with van der Waals surface area (Å²) >= 11 is 8.46. The predicted octanol–water partition coefficient (Wildman–Crippen LogP) is 5.79. The Balaban J connectivity index is 1.49. The highest BCUT2D eigenvalue weighted by Crippen LogP contribution is 2.35. The molecule has 3 aromatic rings. The number of anilines is 1. The van der Waals surface area contributed by atoms with Crippen LogP contribution < -0.4 is 9.64 Å². The van der Waals surface area contributed by atoms with Crippen molar-refractivity contribution in [1.29, 1.82) is 0 Å². The van der Waals surface area contributed by atoms with Gasteiger partial charge < -0.3 is 9.64 Å². The van der Waals surface area contributed by atoms with E-state index in [-0.39, 0.29) is 4.90 Å². The van der Waals surface area contributed by atoms with Gasteiger partial charge >= 0.3 is 0 Å². The van der Waals surface area contributed by atoms with E-state index < -0.39 is 15.1 Å².